The zero-order valence-electron chi connectivity index (χ0n) is 13.1. The van der Waals surface area contributed by atoms with Gasteiger partial charge in [-0.3, -0.25) is 0 Å². The lowest BCUT2D eigenvalue weighted by atomic mass is 9.92. The molecule has 0 aromatic carbocycles. The molecule has 1 heterocycles. The number of aromatic nitrogens is 2. The average Bonchev–Trinajstić information content (AvgIpc) is 2.82. The Kier molecular flexibility index (Phi) is 5.40. The lowest BCUT2D eigenvalue weighted by Crippen LogP contribution is -2.41. The highest BCUT2D eigenvalue weighted by Crippen LogP contribution is 2.20. The zero-order chi connectivity index (χ0) is 15.5. The second kappa shape index (κ2) is 6.89. The summed E-state index contributed by atoms with van der Waals surface area (Å²) in [6.07, 6.45) is 6.36. The fraction of sp³-hybridized carbons (Fsp3) is 0.786. The van der Waals surface area contributed by atoms with Crippen LogP contribution in [0.2, 0.25) is 0 Å². The number of rotatable bonds is 6. The third-order valence-corrected chi connectivity index (χ3v) is 5.54. The first-order valence-electron chi connectivity index (χ1n) is 7.69. The van der Waals surface area contributed by atoms with Crippen molar-refractivity contribution in [3.63, 3.8) is 0 Å². The van der Waals surface area contributed by atoms with Crippen LogP contribution in [0.5, 0.6) is 0 Å². The van der Waals surface area contributed by atoms with E-state index in [0.717, 1.165) is 44.5 Å². The molecule has 0 radical (unpaired) electrons. The van der Waals surface area contributed by atoms with Crippen molar-refractivity contribution in [2.45, 2.75) is 69.6 Å². The summed E-state index contributed by atoms with van der Waals surface area (Å²) in [7, 11) is -1.55. The molecule has 0 spiro atoms. The number of aryl methyl sites for hydroxylation is 2. The Balaban J connectivity index is 2.03. The van der Waals surface area contributed by atoms with Gasteiger partial charge in [-0.1, -0.05) is 6.92 Å². The lowest BCUT2D eigenvalue weighted by molar-refractivity contribution is 0.342. The highest BCUT2D eigenvalue weighted by Gasteiger charge is 2.26. The predicted molar refractivity (Wildman–Crippen MR) is 82.7 cm³/mol. The fourth-order valence-electron chi connectivity index (χ4n) is 2.86. The summed E-state index contributed by atoms with van der Waals surface area (Å²) >= 11 is 0. The second-order valence-corrected chi connectivity index (χ2v) is 7.44. The van der Waals surface area contributed by atoms with Crippen LogP contribution in [-0.4, -0.2) is 37.1 Å². The van der Waals surface area contributed by atoms with Crippen molar-refractivity contribution in [1.82, 2.24) is 19.6 Å². The molecule has 6 nitrogen and oxygen atoms in total. The van der Waals surface area contributed by atoms with Crippen LogP contribution < -0.4 is 10.0 Å². The quantitative estimate of drug-likeness (QED) is 0.832. The lowest BCUT2D eigenvalue weighted by Gasteiger charge is -2.28. The summed E-state index contributed by atoms with van der Waals surface area (Å²) in [4.78, 5) is 4.20. The van der Waals surface area contributed by atoms with E-state index in [1.54, 1.807) is 6.20 Å². The monoisotopic (exact) mass is 314 g/mol. The maximum absolute atomic E-state index is 12.4. The van der Waals surface area contributed by atoms with Crippen molar-refractivity contribution in [2.75, 3.05) is 7.05 Å². The second-order valence-electron chi connectivity index (χ2n) is 5.78. The molecule has 0 unspecified atom stereocenters. The summed E-state index contributed by atoms with van der Waals surface area (Å²) in [6, 6.07) is 0.535. The maximum Gasteiger partial charge on any atom is 0.259 e. The van der Waals surface area contributed by atoms with Crippen LogP contribution in [0.25, 0.3) is 0 Å². The van der Waals surface area contributed by atoms with Crippen LogP contribution in [0.1, 0.15) is 44.9 Å². The molecule has 1 aromatic heterocycles. The highest BCUT2D eigenvalue weighted by molar-refractivity contribution is 7.89. The van der Waals surface area contributed by atoms with Crippen LogP contribution in [0.4, 0.5) is 0 Å². The minimum Gasteiger partial charge on any atom is -0.334 e. The number of nitrogens with one attached hydrogen (secondary N) is 2. The highest BCUT2D eigenvalue weighted by atomic mass is 32.2. The molecule has 2 N–H and O–H groups in total. The van der Waals surface area contributed by atoms with Crippen LogP contribution in [0.3, 0.4) is 0 Å². The van der Waals surface area contributed by atoms with E-state index in [1.165, 1.54) is 0 Å². The Morgan fingerprint density at radius 3 is 2.48 bits per heavy atom. The van der Waals surface area contributed by atoms with Gasteiger partial charge >= 0.3 is 0 Å². The molecule has 1 aliphatic carbocycles. The minimum absolute atomic E-state index is 0.0243. The molecule has 0 saturated heterocycles. The molecule has 2 rings (SSSR count). The third kappa shape index (κ3) is 4.05. The Hall–Kier alpha value is -0.920. The van der Waals surface area contributed by atoms with E-state index in [2.05, 4.69) is 21.9 Å². The Labute approximate surface area is 127 Å². The van der Waals surface area contributed by atoms with Crippen LogP contribution in [0.15, 0.2) is 11.2 Å². The molecule has 1 aromatic rings. The summed E-state index contributed by atoms with van der Waals surface area (Å²) in [5, 5.41) is 3.39. The van der Waals surface area contributed by atoms with Gasteiger partial charge in [0.15, 0.2) is 5.03 Å². The molecule has 0 amide bonds. The van der Waals surface area contributed by atoms with Gasteiger partial charge in [0.25, 0.3) is 10.0 Å². The maximum atomic E-state index is 12.4. The van der Waals surface area contributed by atoms with Crippen molar-refractivity contribution in [2.24, 2.45) is 0 Å². The summed E-state index contributed by atoms with van der Waals surface area (Å²) in [6.45, 7) is 4.69. The van der Waals surface area contributed by atoms with E-state index in [0.29, 0.717) is 6.04 Å². The smallest absolute Gasteiger partial charge is 0.259 e. The molecule has 1 saturated carbocycles. The molecule has 0 atom stereocenters. The summed E-state index contributed by atoms with van der Waals surface area (Å²) in [5.74, 6) is 0.746. The fourth-order valence-corrected chi connectivity index (χ4v) is 4.17. The van der Waals surface area contributed by atoms with Gasteiger partial charge in [0.2, 0.25) is 0 Å². The van der Waals surface area contributed by atoms with Gasteiger partial charge < -0.3 is 9.88 Å². The molecule has 120 valence electrons. The summed E-state index contributed by atoms with van der Waals surface area (Å²) in [5.41, 5.74) is 0. The average molecular weight is 314 g/mol. The molecule has 0 bridgehead atoms. The van der Waals surface area contributed by atoms with Crippen molar-refractivity contribution >= 4 is 10.0 Å². The molecule has 1 aliphatic rings. The number of imidazole rings is 1. The van der Waals surface area contributed by atoms with Crippen molar-refractivity contribution < 1.29 is 8.42 Å². The third-order valence-electron chi connectivity index (χ3n) is 4.15. The first kappa shape index (κ1) is 16.5. The van der Waals surface area contributed by atoms with Gasteiger partial charge in [-0.15, -0.1) is 0 Å². The van der Waals surface area contributed by atoms with Crippen molar-refractivity contribution in [3.05, 3.63) is 12.0 Å². The van der Waals surface area contributed by atoms with Gasteiger partial charge in [0.1, 0.15) is 5.82 Å². The molecule has 21 heavy (non-hydrogen) atoms. The van der Waals surface area contributed by atoms with Crippen molar-refractivity contribution in [3.8, 4) is 0 Å². The van der Waals surface area contributed by atoms with E-state index < -0.39 is 10.0 Å². The van der Waals surface area contributed by atoms with Crippen molar-refractivity contribution in [1.29, 1.82) is 0 Å². The number of sulfonamides is 1. The Bertz CT molecular complexity index is 560. The largest absolute Gasteiger partial charge is 0.334 e. The molecular weight excluding hydrogens is 288 g/mol. The van der Waals surface area contributed by atoms with E-state index >= 15 is 0 Å². The molecule has 1 fully saturated rings. The Morgan fingerprint density at radius 2 is 1.90 bits per heavy atom. The topological polar surface area (TPSA) is 76.0 Å². The normalized spacial score (nSPS) is 23.4. The predicted octanol–water partition coefficient (Wildman–Crippen LogP) is 1.41. The van der Waals surface area contributed by atoms with Gasteiger partial charge in [-0.2, -0.15) is 0 Å². The minimum atomic E-state index is -3.51. The van der Waals surface area contributed by atoms with Gasteiger partial charge in [0.05, 0.1) is 0 Å². The molecule has 7 heteroatoms. The van der Waals surface area contributed by atoms with E-state index in [9.17, 15) is 8.42 Å². The first-order chi connectivity index (χ1) is 9.96. The van der Waals surface area contributed by atoms with Gasteiger partial charge in [-0.25, -0.2) is 18.1 Å². The number of nitrogens with zero attached hydrogens (tertiary/aromatic N) is 2. The van der Waals surface area contributed by atoms with Gasteiger partial charge in [-0.05, 0) is 46.1 Å². The number of hydrogen-bond acceptors (Lipinski definition) is 4. The number of hydrogen-bond donors (Lipinski definition) is 2. The zero-order valence-corrected chi connectivity index (χ0v) is 13.9. The first-order valence-corrected chi connectivity index (χ1v) is 9.18. The standard InChI is InChI=1S/C14H26N4O2S/c1-4-9-18-10-14(16-11(18)2)21(19,20)17-13-7-5-12(15-3)6-8-13/h10,12-13,15,17H,4-9H2,1-3H3. The van der Waals surface area contributed by atoms with Crippen LogP contribution in [0, 0.1) is 6.92 Å². The van der Waals surface area contributed by atoms with Crippen LogP contribution >= 0.6 is 0 Å². The SMILES string of the molecule is CCCn1cc(S(=O)(=O)NC2CCC(NC)CC2)nc1C. The van der Waals surface area contributed by atoms with E-state index in [-0.39, 0.29) is 11.1 Å². The van der Waals surface area contributed by atoms with Crippen LogP contribution in [-0.2, 0) is 16.6 Å². The van der Waals surface area contributed by atoms with E-state index in [1.807, 2.05) is 18.5 Å². The van der Waals surface area contributed by atoms with Gasteiger partial charge in [0, 0.05) is 24.8 Å². The Morgan fingerprint density at radius 1 is 1.29 bits per heavy atom. The molecular formula is C14H26N4O2S. The van der Waals surface area contributed by atoms with E-state index in [4.69, 9.17) is 0 Å². The molecule has 0 aliphatic heterocycles. The summed E-state index contributed by atoms with van der Waals surface area (Å²) < 4.78 is 29.5.